The van der Waals surface area contributed by atoms with Gasteiger partial charge in [0.05, 0.1) is 13.2 Å². The molecule has 0 unspecified atom stereocenters. The summed E-state index contributed by atoms with van der Waals surface area (Å²) in [6, 6.07) is 0. The third-order valence-electron chi connectivity index (χ3n) is 3.98. The van der Waals surface area contributed by atoms with Gasteiger partial charge in [-0.15, -0.1) is 0 Å². The maximum absolute atomic E-state index is 5.11. The van der Waals surface area contributed by atoms with Crippen LogP contribution in [0.3, 0.4) is 0 Å². The Hall–Kier alpha value is -0.200. The van der Waals surface area contributed by atoms with Crippen molar-refractivity contribution >= 4 is 0 Å². The molecule has 1 aliphatic heterocycles. The summed E-state index contributed by atoms with van der Waals surface area (Å²) in [6.07, 6.45) is 4.55. The van der Waals surface area contributed by atoms with E-state index in [9.17, 15) is 0 Å². The standard InChI is InChI=1S/C12H23NO4/c1-14-11(15-2)13-7-10-3-5-12(6-4-10)8-16-17-9-12/h10-11,13H,3-9H2,1-2H3. The first kappa shape index (κ1) is 13.2. The molecule has 5 heteroatoms. The van der Waals surface area contributed by atoms with Crippen molar-refractivity contribution in [2.24, 2.45) is 11.3 Å². The van der Waals surface area contributed by atoms with Crippen LogP contribution in [0.25, 0.3) is 0 Å². The monoisotopic (exact) mass is 245 g/mol. The van der Waals surface area contributed by atoms with Crippen LogP contribution in [-0.4, -0.2) is 40.4 Å². The van der Waals surface area contributed by atoms with Crippen LogP contribution in [-0.2, 0) is 19.2 Å². The molecule has 1 spiro atoms. The highest BCUT2D eigenvalue weighted by Gasteiger charge is 2.40. The van der Waals surface area contributed by atoms with Crippen molar-refractivity contribution in [2.75, 3.05) is 34.0 Å². The minimum absolute atomic E-state index is 0.288. The van der Waals surface area contributed by atoms with Crippen molar-refractivity contribution in [3.05, 3.63) is 0 Å². The summed E-state index contributed by atoms with van der Waals surface area (Å²) in [6.45, 7) is 2.49. The second-order valence-corrected chi connectivity index (χ2v) is 5.18. The molecule has 1 aliphatic carbocycles. The molecule has 0 radical (unpaired) electrons. The summed E-state index contributed by atoms with van der Waals surface area (Å²) in [5, 5.41) is 3.26. The Morgan fingerprint density at radius 3 is 2.29 bits per heavy atom. The molecule has 1 saturated heterocycles. The highest BCUT2D eigenvalue weighted by atomic mass is 17.2. The molecule has 1 saturated carbocycles. The Labute approximate surface area is 103 Å². The van der Waals surface area contributed by atoms with Gasteiger partial charge < -0.3 is 9.47 Å². The van der Waals surface area contributed by atoms with Crippen molar-refractivity contribution in [2.45, 2.75) is 32.1 Å². The van der Waals surface area contributed by atoms with E-state index in [2.05, 4.69) is 5.32 Å². The molecule has 1 N–H and O–H groups in total. The van der Waals surface area contributed by atoms with E-state index >= 15 is 0 Å². The quantitative estimate of drug-likeness (QED) is 0.584. The molecule has 100 valence electrons. The van der Waals surface area contributed by atoms with Crippen molar-refractivity contribution < 1.29 is 19.2 Å². The van der Waals surface area contributed by atoms with E-state index in [4.69, 9.17) is 19.2 Å². The lowest BCUT2D eigenvalue weighted by molar-refractivity contribution is -0.248. The summed E-state index contributed by atoms with van der Waals surface area (Å²) in [5.74, 6) is 0.703. The molecule has 2 fully saturated rings. The zero-order valence-corrected chi connectivity index (χ0v) is 10.7. The fraction of sp³-hybridized carbons (Fsp3) is 1.00. The minimum Gasteiger partial charge on any atom is -0.343 e. The second-order valence-electron chi connectivity index (χ2n) is 5.18. The lowest BCUT2D eigenvalue weighted by Gasteiger charge is -2.34. The maximum Gasteiger partial charge on any atom is 0.215 e. The third-order valence-corrected chi connectivity index (χ3v) is 3.98. The third kappa shape index (κ3) is 3.39. The Morgan fingerprint density at radius 1 is 1.18 bits per heavy atom. The van der Waals surface area contributed by atoms with Crippen LogP contribution in [0.2, 0.25) is 0 Å². The molecule has 5 nitrogen and oxygen atoms in total. The fourth-order valence-corrected chi connectivity index (χ4v) is 2.68. The highest BCUT2D eigenvalue weighted by molar-refractivity contribution is 4.87. The number of nitrogens with one attached hydrogen (secondary N) is 1. The molecule has 0 aromatic carbocycles. The van der Waals surface area contributed by atoms with Crippen LogP contribution >= 0.6 is 0 Å². The first-order valence-electron chi connectivity index (χ1n) is 6.31. The molecule has 0 aromatic heterocycles. The van der Waals surface area contributed by atoms with Crippen LogP contribution in [0.5, 0.6) is 0 Å². The Bertz CT molecular complexity index is 214. The predicted molar refractivity (Wildman–Crippen MR) is 62.1 cm³/mol. The van der Waals surface area contributed by atoms with Crippen LogP contribution in [0, 0.1) is 11.3 Å². The normalized spacial score (nSPS) is 24.9. The van der Waals surface area contributed by atoms with Crippen molar-refractivity contribution in [1.82, 2.24) is 5.32 Å². The summed E-state index contributed by atoms with van der Waals surface area (Å²) >= 11 is 0. The molecule has 2 rings (SSSR count). The van der Waals surface area contributed by atoms with E-state index in [1.807, 2.05) is 0 Å². The van der Waals surface area contributed by atoms with E-state index < -0.39 is 0 Å². The Morgan fingerprint density at radius 2 is 1.76 bits per heavy atom. The lowest BCUT2D eigenvalue weighted by Crippen LogP contribution is -2.39. The number of rotatable bonds is 5. The van der Waals surface area contributed by atoms with Crippen molar-refractivity contribution in [3.8, 4) is 0 Å². The maximum atomic E-state index is 5.11. The topological polar surface area (TPSA) is 49.0 Å². The average molecular weight is 245 g/mol. The van der Waals surface area contributed by atoms with Gasteiger partial charge >= 0.3 is 0 Å². The van der Waals surface area contributed by atoms with Gasteiger partial charge in [0.25, 0.3) is 0 Å². The first-order chi connectivity index (χ1) is 8.28. The highest BCUT2D eigenvalue weighted by Crippen LogP contribution is 2.41. The summed E-state index contributed by atoms with van der Waals surface area (Å²) in [5.41, 5.74) is 0.304. The van der Waals surface area contributed by atoms with Crippen LogP contribution < -0.4 is 5.32 Å². The number of hydrogen-bond donors (Lipinski definition) is 1. The van der Waals surface area contributed by atoms with Gasteiger partial charge in [0.1, 0.15) is 0 Å². The summed E-state index contributed by atoms with van der Waals surface area (Å²) in [4.78, 5) is 10.1. The van der Waals surface area contributed by atoms with Crippen molar-refractivity contribution in [3.63, 3.8) is 0 Å². The molecule has 1 heterocycles. The van der Waals surface area contributed by atoms with Gasteiger partial charge in [0.2, 0.25) is 6.41 Å². The van der Waals surface area contributed by atoms with E-state index in [0.29, 0.717) is 11.3 Å². The fourth-order valence-electron chi connectivity index (χ4n) is 2.68. The Kier molecular flexibility index (Phi) is 4.76. The first-order valence-corrected chi connectivity index (χ1v) is 6.31. The van der Waals surface area contributed by atoms with Gasteiger partial charge in [-0.05, 0) is 31.6 Å². The predicted octanol–water partition coefficient (Wildman–Crippen LogP) is 1.29. The van der Waals surface area contributed by atoms with Gasteiger partial charge in [0, 0.05) is 26.2 Å². The lowest BCUT2D eigenvalue weighted by atomic mass is 9.71. The number of hydrogen-bond acceptors (Lipinski definition) is 5. The van der Waals surface area contributed by atoms with Gasteiger partial charge in [0.15, 0.2) is 0 Å². The molecular formula is C12H23NO4. The van der Waals surface area contributed by atoms with E-state index in [0.717, 1.165) is 19.8 Å². The molecule has 17 heavy (non-hydrogen) atoms. The molecule has 0 bridgehead atoms. The zero-order valence-electron chi connectivity index (χ0n) is 10.7. The summed E-state index contributed by atoms with van der Waals surface area (Å²) < 4.78 is 10.2. The summed E-state index contributed by atoms with van der Waals surface area (Å²) in [7, 11) is 3.29. The smallest absolute Gasteiger partial charge is 0.215 e. The van der Waals surface area contributed by atoms with E-state index in [1.54, 1.807) is 14.2 Å². The van der Waals surface area contributed by atoms with E-state index in [1.165, 1.54) is 25.7 Å². The molecule has 0 aromatic rings. The molecule has 0 atom stereocenters. The molecule has 0 amide bonds. The van der Waals surface area contributed by atoms with Gasteiger partial charge in [-0.1, -0.05) is 0 Å². The number of ether oxygens (including phenoxy) is 2. The van der Waals surface area contributed by atoms with Crippen LogP contribution in [0.15, 0.2) is 0 Å². The van der Waals surface area contributed by atoms with Crippen LogP contribution in [0.1, 0.15) is 25.7 Å². The van der Waals surface area contributed by atoms with Gasteiger partial charge in [-0.25, -0.2) is 9.78 Å². The van der Waals surface area contributed by atoms with E-state index in [-0.39, 0.29) is 6.41 Å². The van der Waals surface area contributed by atoms with Gasteiger partial charge in [-0.3, -0.25) is 5.32 Å². The van der Waals surface area contributed by atoms with Gasteiger partial charge in [-0.2, -0.15) is 0 Å². The minimum atomic E-state index is -0.288. The number of methoxy groups -OCH3 is 2. The average Bonchev–Trinajstić information content (AvgIpc) is 2.81. The SMILES string of the molecule is COC(NCC1CCC2(CC1)COOC2)OC. The largest absolute Gasteiger partial charge is 0.343 e. The second kappa shape index (κ2) is 6.11. The molecule has 2 aliphatic rings. The Balaban J connectivity index is 1.68. The van der Waals surface area contributed by atoms with Crippen LogP contribution in [0.4, 0.5) is 0 Å². The van der Waals surface area contributed by atoms with Crippen molar-refractivity contribution in [1.29, 1.82) is 0 Å². The zero-order chi connectivity index (χ0) is 12.1. The molecular weight excluding hydrogens is 222 g/mol.